The van der Waals surface area contributed by atoms with Gasteiger partial charge in [0.05, 0.1) is 5.00 Å². The standard InChI is InChI=1S/C12H14N2S/c1-14(12-6-3-7-15-12)11-5-2-4-10(8-11)9-13/h2-8H,9,13H2,1H3. The molecule has 1 aromatic heterocycles. The van der Waals surface area contributed by atoms with Crippen LogP contribution in [0.2, 0.25) is 0 Å². The zero-order valence-corrected chi connectivity index (χ0v) is 9.50. The molecule has 0 saturated heterocycles. The van der Waals surface area contributed by atoms with Crippen LogP contribution in [0.4, 0.5) is 10.7 Å². The monoisotopic (exact) mass is 218 g/mol. The first-order valence-corrected chi connectivity index (χ1v) is 5.75. The van der Waals surface area contributed by atoms with Crippen molar-refractivity contribution in [1.82, 2.24) is 0 Å². The molecule has 0 saturated carbocycles. The Morgan fingerprint density at radius 3 is 2.80 bits per heavy atom. The van der Waals surface area contributed by atoms with Crippen LogP contribution in [0.1, 0.15) is 5.56 Å². The van der Waals surface area contributed by atoms with Gasteiger partial charge in [0.2, 0.25) is 0 Å². The van der Waals surface area contributed by atoms with Crippen molar-refractivity contribution in [2.45, 2.75) is 6.54 Å². The van der Waals surface area contributed by atoms with Gasteiger partial charge in [-0.25, -0.2) is 0 Å². The molecule has 2 nitrogen and oxygen atoms in total. The van der Waals surface area contributed by atoms with E-state index in [4.69, 9.17) is 5.73 Å². The molecule has 1 heterocycles. The van der Waals surface area contributed by atoms with E-state index in [2.05, 4.69) is 41.6 Å². The summed E-state index contributed by atoms with van der Waals surface area (Å²) in [5, 5.41) is 3.32. The number of thiophene rings is 1. The minimum atomic E-state index is 0.589. The molecular formula is C12H14N2S. The average molecular weight is 218 g/mol. The van der Waals surface area contributed by atoms with Crippen LogP contribution in [-0.2, 0) is 6.54 Å². The third kappa shape index (κ3) is 2.19. The second-order valence-electron chi connectivity index (χ2n) is 3.38. The lowest BCUT2D eigenvalue weighted by molar-refractivity contribution is 1.07. The lowest BCUT2D eigenvalue weighted by Gasteiger charge is -2.17. The highest BCUT2D eigenvalue weighted by atomic mass is 32.1. The van der Waals surface area contributed by atoms with Crippen LogP contribution >= 0.6 is 11.3 Å². The summed E-state index contributed by atoms with van der Waals surface area (Å²) in [6.45, 7) is 0.589. The van der Waals surface area contributed by atoms with E-state index in [0.717, 1.165) is 5.56 Å². The third-order valence-corrected chi connectivity index (χ3v) is 3.31. The Bertz CT molecular complexity index is 423. The number of rotatable bonds is 3. The largest absolute Gasteiger partial charge is 0.336 e. The third-order valence-electron chi connectivity index (χ3n) is 2.37. The maximum atomic E-state index is 5.62. The van der Waals surface area contributed by atoms with Crippen molar-refractivity contribution in [2.24, 2.45) is 5.73 Å². The van der Waals surface area contributed by atoms with E-state index in [1.54, 1.807) is 11.3 Å². The summed E-state index contributed by atoms with van der Waals surface area (Å²) in [7, 11) is 2.07. The topological polar surface area (TPSA) is 29.3 Å². The van der Waals surface area contributed by atoms with Crippen molar-refractivity contribution in [2.75, 3.05) is 11.9 Å². The van der Waals surface area contributed by atoms with Gasteiger partial charge >= 0.3 is 0 Å². The van der Waals surface area contributed by atoms with Crippen LogP contribution in [0.25, 0.3) is 0 Å². The van der Waals surface area contributed by atoms with E-state index in [-0.39, 0.29) is 0 Å². The van der Waals surface area contributed by atoms with Crippen molar-refractivity contribution in [3.8, 4) is 0 Å². The summed E-state index contributed by atoms with van der Waals surface area (Å²) in [6.07, 6.45) is 0. The minimum Gasteiger partial charge on any atom is -0.336 e. The Labute approximate surface area is 94.0 Å². The molecule has 2 rings (SSSR count). The lowest BCUT2D eigenvalue weighted by Crippen LogP contribution is -2.08. The minimum absolute atomic E-state index is 0.589. The van der Waals surface area contributed by atoms with Crippen LogP contribution in [-0.4, -0.2) is 7.05 Å². The molecule has 1 aromatic carbocycles. The van der Waals surface area contributed by atoms with E-state index in [1.807, 2.05) is 12.1 Å². The van der Waals surface area contributed by atoms with Crippen LogP contribution in [0.5, 0.6) is 0 Å². The van der Waals surface area contributed by atoms with Gasteiger partial charge in [0.25, 0.3) is 0 Å². The van der Waals surface area contributed by atoms with Gasteiger partial charge in [-0.05, 0) is 35.2 Å². The van der Waals surface area contributed by atoms with Gasteiger partial charge in [-0.2, -0.15) is 0 Å². The number of hydrogen-bond donors (Lipinski definition) is 1. The highest BCUT2D eigenvalue weighted by Gasteiger charge is 2.04. The van der Waals surface area contributed by atoms with Crippen LogP contribution < -0.4 is 10.6 Å². The number of benzene rings is 1. The Hall–Kier alpha value is -1.32. The van der Waals surface area contributed by atoms with Gasteiger partial charge in [0.15, 0.2) is 0 Å². The molecule has 0 fully saturated rings. The van der Waals surface area contributed by atoms with E-state index in [1.165, 1.54) is 10.7 Å². The van der Waals surface area contributed by atoms with E-state index < -0.39 is 0 Å². The van der Waals surface area contributed by atoms with Crippen LogP contribution in [0.15, 0.2) is 41.8 Å². The smallest absolute Gasteiger partial charge is 0.0950 e. The van der Waals surface area contributed by atoms with Crippen LogP contribution in [0.3, 0.4) is 0 Å². The molecule has 78 valence electrons. The fourth-order valence-electron chi connectivity index (χ4n) is 1.48. The molecular weight excluding hydrogens is 204 g/mol. The second kappa shape index (κ2) is 4.47. The van der Waals surface area contributed by atoms with Gasteiger partial charge in [0.1, 0.15) is 0 Å². The lowest BCUT2D eigenvalue weighted by atomic mass is 10.2. The molecule has 0 atom stereocenters. The van der Waals surface area contributed by atoms with Crippen molar-refractivity contribution in [3.63, 3.8) is 0 Å². The fourth-order valence-corrected chi connectivity index (χ4v) is 2.20. The molecule has 2 aromatic rings. The Balaban J connectivity index is 2.29. The summed E-state index contributed by atoms with van der Waals surface area (Å²) in [4.78, 5) is 2.17. The number of nitrogens with zero attached hydrogens (tertiary/aromatic N) is 1. The van der Waals surface area contributed by atoms with E-state index >= 15 is 0 Å². The van der Waals surface area contributed by atoms with Gasteiger partial charge in [-0.15, -0.1) is 11.3 Å². The molecule has 0 unspecified atom stereocenters. The predicted octanol–water partition coefficient (Wildman–Crippen LogP) is 2.97. The molecule has 0 amide bonds. The number of nitrogens with two attached hydrogens (primary N) is 1. The first-order valence-electron chi connectivity index (χ1n) is 4.87. The summed E-state index contributed by atoms with van der Waals surface area (Å²) in [5.74, 6) is 0. The SMILES string of the molecule is CN(c1cccc(CN)c1)c1cccs1. The molecule has 0 aliphatic carbocycles. The molecule has 15 heavy (non-hydrogen) atoms. The highest BCUT2D eigenvalue weighted by molar-refractivity contribution is 7.14. The van der Waals surface area contributed by atoms with Gasteiger partial charge < -0.3 is 10.6 Å². The number of hydrogen-bond acceptors (Lipinski definition) is 3. The van der Waals surface area contributed by atoms with Crippen molar-refractivity contribution < 1.29 is 0 Å². The zero-order valence-electron chi connectivity index (χ0n) is 8.68. The number of anilines is 2. The van der Waals surface area contributed by atoms with Crippen molar-refractivity contribution >= 4 is 22.0 Å². The van der Waals surface area contributed by atoms with Gasteiger partial charge in [0, 0.05) is 19.3 Å². The Morgan fingerprint density at radius 2 is 2.13 bits per heavy atom. The Kier molecular flexibility index (Phi) is 3.04. The molecule has 3 heteroatoms. The summed E-state index contributed by atoms with van der Waals surface area (Å²) >= 11 is 1.73. The average Bonchev–Trinajstić information content (AvgIpc) is 2.81. The molecule has 2 N–H and O–H groups in total. The predicted molar refractivity (Wildman–Crippen MR) is 66.7 cm³/mol. The first kappa shape index (κ1) is 10.2. The van der Waals surface area contributed by atoms with E-state index in [9.17, 15) is 0 Å². The normalized spacial score (nSPS) is 10.3. The first-order chi connectivity index (χ1) is 7.31. The highest BCUT2D eigenvalue weighted by Crippen LogP contribution is 2.27. The molecule has 0 radical (unpaired) electrons. The van der Waals surface area contributed by atoms with Gasteiger partial charge in [-0.3, -0.25) is 0 Å². The molecule has 0 spiro atoms. The van der Waals surface area contributed by atoms with Gasteiger partial charge in [-0.1, -0.05) is 12.1 Å². The Morgan fingerprint density at radius 1 is 1.27 bits per heavy atom. The maximum absolute atomic E-state index is 5.62. The fraction of sp³-hybridized carbons (Fsp3) is 0.167. The van der Waals surface area contributed by atoms with E-state index in [0.29, 0.717) is 6.54 Å². The molecule has 0 aliphatic heterocycles. The van der Waals surface area contributed by atoms with Crippen LogP contribution in [0, 0.1) is 0 Å². The van der Waals surface area contributed by atoms with Crippen molar-refractivity contribution in [1.29, 1.82) is 0 Å². The van der Waals surface area contributed by atoms with Crippen molar-refractivity contribution in [3.05, 3.63) is 47.3 Å². The second-order valence-corrected chi connectivity index (χ2v) is 4.31. The molecule has 0 aliphatic rings. The maximum Gasteiger partial charge on any atom is 0.0950 e. The zero-order chi connectivity index (χ0) is 10.7. The summed E-state index contributed by atoms with van der Waals surface area (Å²) in [5.41, 5.74) is 7.97. The quantitative estimate of drug-likeness (QED) is 0.858. The summed E-state index contributed by atoms with van der Waals surface area (Å²) in [6, 6.07) is 12.5. The molecule has 0 bridgehead atoms. The summed E-state index contributed by atoms with van der Waals surface area (Å²) < 4.78 is 0.